The van der Waals surface area contributed by atoms with Gasteiger partial charge in [0.2, 0.25) is 0 Å². The normalized spacial score (nSPS) is 7.20. The molecule has 0 radical (unpaired) electrons. The molecule has 30 heavy (non-hydrogen) atoms. The Labute approximate surface area is 197 Å². The number of aliphatic hydroxyl groups excluding tert-OH is 1. The summed E-state index contributed by atoms with van der Waals surface area (Å²) in [5.41, 5.74) is 1.07. The van der Waals surface area contributed by atoms with Crippen LogP contribution in [0.4, 0.5) is 0 Å². The van der Waals surface area contributed by atoms with Crippen molar-refractivity contribution >= 4 is 16.4 Å². The minimum Gasteiger partial charge on any atom is -0.665 e. The molecule has 0 spiro atoms. The van der Waals surface area contributed by atoms with Crippen LogP contribution in [-0.2, 0) is 24.3 Å². The van der Waals surface area contributed by atoms with Gasteiger partial charge < -0.3 is 9.90 Å². The first-order chi connectivity index (χ1) is 13.8. The summed E-state index contributed by atoms with van der Waals surface area (Å²) in [7, 11) is 0. The second-order valence-electron chi connectivity index (χ2n) is 4.81. The Morgan fingerprint density at radius 3 is 0.933 bits per heavy atom. The van der Waals surface area contributed by atoms with Gasteiger partial charge in [-0.25, -0.2) is 0 Å². The van der Waals surface area contributed by atoms with E-state index in [0.717, 1.165) is 5.56 Å². The fourth-order valence-electron chi connectivity index (χ4n) is 1.50. The summed E-state index contributed by atoms with van der Waals surface area (Å²) >= 11 is 0. The molecule has 0 heterocycles. The first-order valence-corrected chi connectivity index (χ1v) is 8.42. The van der Waals surface area contributed by atoms with Gasteiger partial charge in [-0.05, 0) is 0 Å². The summed E-state index contributed by atoms with van der Waals surface area (Å²) in [6.45, 7) is 4.22. The maximum absolute atomic E-state index is 8.24. The molecular weight excluding hydrogens is 441 g/mol. The molecule has 154 valence electrons. The van der Waals surface area contributed by atoms with Crippen LogP contribution >= 0.6 is 9.90 Å². The van der Waals surface area contributed by atoms with Crippen molar-refractivity contribution in [1.82, 2.24) is 0 Å². The summed E-state index contributed by atoms with van der Waals surface area (Å²) in [6, 6.07) is 47.4. The van der Waals surface area contributed by atoms with Crippen molar-refractivity contribution in [2.45, 2.75) is 0 Å². The van der Waals surface area contributed by atoms with Gasteiger partial charge in [0, 0.05) is 19.5 Å². The summed E-state index contributed by atoms with van der Waals surface area (Å²) in [4.78, 5) is 8.24. The van der Waals surface area contributed by atoms with E-state index >= 15 is 0 Å². The molecule has 1 N–H and O–H groups in total. The van der Waals surface area contributed by atoms with Crippen LogP contribution in [0.15, 0.2) is 121 Å². The van der Waals surface area contributed by atoms with Crippen LogP contribution in [0.5, 0.6) is 0 Å². The van der Waals surface area contributed by atoms with Crippen LogP contribution in [0.25, 0.3) is 0 Å². The molecular formula is C26H26O2PZn-5. The molecule has 0 aliphatic carbocycles. The van der Waals surface area contributed by atoms with Gasteiger partial charge in [0.15, 0.2) is 0 Å². The molecule has 0 saturated heterocycles. The minimum absolute atomic E-state index is 0. The maximum Gasteiger partial charge on any atom is 0 e. The van der Waals surface area contributed by atoms with Gasteiger partial charge in [-0.1, -0.05) is 12.5 Å². The minimum atomic E-state index is 0. The van der Waals surface area contributed by atoms with Crippen molar-refractivity contribution in [2.75, 3.05) is 0 Å². The summed E-state index contributed by atoms with van der Waals surface area (Å²) in [5.74, 6) is 0. The second-order valence-corrected chi connectivity index (χ2v) is 4.81. The van der Waals surface area contributed by atoms with Crippen molar-refractivity contribution in [3.05, 3.63) is 152 Å². The molecule has 2 nitrogen and oxygen atoms in total. The average Bonchev–Trinajstić information content (AvgIpc) is 2.80. The van der Waals surface area contributed by atoms with Gasteiger partial charge in [-0.3, -0.25) is 0 Å². The third kappa shape index (κ3) is 27.5. The smallest absolute Gasteiger partial charge is 0 e. The molecule has 0 saturated carbocycles. The largest absolute Gasteiger partial charge is 0.665 e. The summed E-state index contributed by atoms with van der Waals surface area (Å²) < 4.78 is 0. The van der Waals surface area contributed by atoms with Crippen LogP contribution in [0, 0.1) is 25.1 Å². The van der Waals surface area contributed by atoms with Gasteiger partial charge in [0.25, 0.3) is 0 Å². The zero-order valence-electron chi connectivity index (χ0n) is 17.0. The fourth-order valence-corrected chi connectivity index (χ4v) is 1.50. The van der Waals surface area contributed by atoms with Gasteiger partial charge >= 0.3 is 0 Å². The molecule has 0 fully saturated rings. The maximum atomic E-state index is 8.24. The topological polar surface area (TPSA) is 37.3 Å². The Morgan fingerprint density at radius 2 is 0.833 bits per heavy atom. The zero-order valence-corrected chi connectivity index (χ0v) is 21.4. The number of benzene rings is 4. The van der Waals surface area contributed by atoms with Crippen molar-refractivity contribution in [3.63, 3.8) is 0 Å². The Morgan fingerprint density at radius 1 is 0.600 bits per heavy atom. The zero-order chi connectivity index (χ0) is 20.5. The van der Waals surface area contributed by atoms with Crippen LogP contribution in [-0.4, -0.2) is 11.6 Å². The fraction of sp³-hybridized carbons (Fsp3) is 0. The molecule has 4 aromatic carbocycles. The van der Waals surface area contributed by atoms with E-state index in [2.05, 4.69) is 25.1 Å². The van der Waals surface area contributed by atoms with E-state index in [9.17, 15) is 0 Å². The molecule has 1 unspecified atom stereocenters. The molecule has 4 rings (SSSR count). The number of hydrogen-bond acceptors (Lipinski definition) is 1. The standard InChI is InChI=1S/C7H7.3C6H5.CHO2.H3P.Zn/c1-7-5-3-2-4-6-7;3*1-2-4-6-5-3-1;2-1-3;;/h2-6H,1H2;3*1-5H;(H,2,3);1H3;/q5*-1;;. The van der Waals surface area contributed by atoms with Crippen molar-refractivity contribution < 1.29 is 29.4 Å². The summed E-state index contributed by atoms with van der Waals surface area (Å²) in [6.07, 6.45) is 0. The first-order valence-electron chi connectivity index (χ1n) is 8.42. The van der Waals surface area contributed by atoms with Crippen molar-refractivity contribution in [1.29, 1.82) is 0 Å². The molecule has 0 aliphatic heterocycles. The molecule has 4 aromatic rings. The SMILES string of the molecule is O=[C-]O.P.[CH2-]c1ccccc1.[Zn].[c-]1ccccc1.[c-]1ccccc1.[c-]1ccccc1. The summed E-state index contributed by atoms with van der Waals surface area (Å²) in [5, 5.41) is 6.76. The second kappa shape index (κ2) is 28.5. The third-order valence-electron chi connectivity index (χ3n) is 2.66. The molecule has 4 heteroatoms. The Bertz CT molecular complexity index is 600. The average molecular weight is 467 g/mol. The van der Waals surface area contributed by atoms with E-state index in [1.807, 2.05) is 121 Å². The Kier molecular flexibility index (Phi) is 30.3. The Balaban J connectivity index is -0.000000305. The molecule has 0 aromatic heterocycles. The monoisotopic (exact) mass is 465 g/mol. The van der Waals surface area contributed by atoms with E-state index < -0.39 is 0 Å². The van der Waals surface area contributed by atoms with E-state index in [1.54, 1.807) is 0 Å². The van der Waals surface area contributed by atoms with Gasteiger partial charge in [-0.15, -0.1) is 12.1 Å². The van der Waals surface area contributed by atoms with Crippen LogP contribution in [0.2, 0.25) is 0 Å². The van der Waals surface area contributed by atoms with Crippen LogP contribution < -0.4 is 0 Å². The molecule has 1 atom stereocenters. The third-order valence-corrected chi connectivity index (χ3v) is 2.66. The number of hydrogen-bond donors (Lipinski definition) is 1. The van der Waals surface area contributed by atoms with Crippen molar-refractivity contribution in [3.8, 4) is 0 Å². The predicted octanol–water partition coefficient (Wildman–Crippen LogP) is 6.00. The molecule has 0 bridgehead atoms. The van der Waals surface area contributed by atoms with E-state index in [-0.39, 0.29) is 29.4 Å². The van der Waals surface area contributed by atoms with Gasteiger partial charge in [0.1, 0.15) is 0 Å². The molecule has 0 amide bonds. The Hall–Kier alpha value is -2.73. The van der Waals surface area contributed by atoms with Crippen LogP contribution in [0.3, 0.4) is 0 Å². The van der Waals surface area contributed by atoms with Gasteiger partial charge in [-0.2, -0.15) is 144 Å². The van der Waals surface area contributed by atoms with E-state index in [1.165, 1.54) is 0 Å². The van der Waals surface area contributed by atoms with Crippen molar-refractivity contribution in [2.24, 2.45) is 0 Å². The number of rotatable bonds is 0. The predicted molar refractivity (Wildman–Crippen MR) is 126 cm³/mol. The van der Waals surface area contributed by atoms with Crippen LogP contribution in [0.1, 0.15) is 5.56 Å². The van der Waals surface area contributed by atoms with Gasteiger partial charge in [0.05, 0.1) is 0 Å². The van der Waals surface area contributed by atoms with E-state index in [4.69, 9.17) is 9.90 Å². The van der Waals surface area contributed by atoms with E-state index in [0.29, 0.717) is 6.47 Å². The quantitative estimate of drug-likeness (QED) is 0.196. The first kappa shape index (κ1) is 32.0. The molecule has 0 aliphatic rings.